The van der Waals surface area contributed by atoms with Gasteiger partial charge in [0.1, 0.15) is 12.7 Å². The van der Waals surface area contributed by atoms with Gasteiger partial charge in [-0.1, -0.05) is 6.08 Å². The van der Waals surface area contributed by atoms with Gasteiger partial charge in [-0.15, -0.1) is 9.05 Å². The van der Waals surface area contributed by atoms with Gasteiger partial charge >= 0.3 is 13.9 Å². The monoisotopic (exact) mass is 301 g/mol. The maximum Gasteiger partial charge on any atom is 0.697 e. The van der Waals surface area contributed by atoms with Crippen molar-refractivity contribution in [1.82, 2.24) is 9.55 Å². The maximum absolute atomic E-state index is 11.7. The number of aromatic amines is 1. The predicted octanol–water partition coefficient (Wildman–Crippen LogP) is 0.619. The third-order valence-electron chi connectivity index (χ3n) is 2.72. The van der Waals surface area contributed by atoms with E-state index >= 15 is 0 Å². The highest BCUT2D eigenvalue weighted by Crippen LogP contribution is 2.25. The molecule has 9 heteroatoms. The molecule has 0 bridgehead atoms. The Morgan fingerprint density at radius 2 is 2.20 bits per heavy atom. The number of aryl methyl sites for hydroxylation is 1. The molecule has 0 radical (unpaired) electrons. The standard InChI is InChI=1S/C11H13N2O6P/c1-7-5-13(11(15)12-10(7)14)9-4-3-8(19-9)6-18-20(16)17-2/h3-5,8-9H,6H2,1-2H3/p+1/t8-,9+/m0/s1. The van der Waals surface area contributed by atoms with E-state index in [0.717, 1.165) is 0 Å². The summed E-state index contributed by atoms with van der Waals surface area (Å²) in [6.07, 6.45) is 3.71. The fourth-order valence-corrected chi connectivity index (χ4v) is 2.08. The number of hydrogen-bond acceptors (Lipinski definition) is 6. The Morgan fingerprint density at radius 1 is 1.45 bits per heavy atom. The van der Waals surface area contributed by atoms with Crippen molar-refractivity contribution in [2.24, 2.45) is 0 Å². The molecule has 1 aliphatic heterocycles. The SMILES string of the molecule is CO[P+](=O)OC[C@@H]1C=C[C@H](n2cc(C)c(=O)[nH]c2=O)O1. The maximum atomic E-state index is 11.7. The lowest BCUT2D eigenvalue weighted by atomic mass is 10.3. The molecule has 0 aliphatic carbocycles. The minimum atomic E-state index is -2.16. The quantitative estimate of drug-likeness (QED) is 0.632. The largest absolute Gasteiger partial charge is 0.697 e. The topological polar surface area (TPSA) is 99.6 Å². The fourth-order valence-electron chi connectivity index (χ4n) is 1.70. The molecule has 0 saturated carbocycles. The van der Waals surface area contributed by atoms with E-state index in [1.165, 1.54) is 17.9 Å². The Kier molecular flexibility index (Phi) is 4.61. The summed E-state index contributed by atoms with van der Waals surface area (Å²) in [4.78, 5) is 25.2. The number of nitrogens with zero attached hydrogens (tertiary/aromatic N) is 1. The van der Waals surface area contributed by atoms with Crippen molar-refractivity contribution in [1.29, 1.82) is 0 Å². The van der Waals surface area contributed by atoms with Gasteiger partial charge in [-0.05, 0) is 13.0 Å². The first-order valence-corrected chi connectivity index (χ1v) is 6.91. The molecule has 1 aliphatic rings. The van der Waals surface area contributed by atoms with Crippen molar-refractivity contribution in [3.8, 4) is 0 Å². The van der Waals surface area contributed by atoms with Crippen LogP contribution in [0.4, 0.5) is 0 Å². The van der Waals surface area contributed by atoms with Crippen LogP contribution in [0.1, 0.15) is 11.8 Å². The lowest BCUT2D eigenvalue weighted by Gasteiger charge is -2.14. The van der Waals surface area contributed by atoms with Crippen LogP contribution in [0.15, 0.2) is 27.9 Å². The molecule has 2 heterocycles. The normalized spacial score (nSPS) is 22.2. The van der Waals surface area contributed by atoms with Crippen molar-refractivity contribution in [2.45, 2.75) is 19.3 Å². The van der Waals surface area contributed by atoms with Crippen LogP contribution in [0.5, 0.6) is 0 Å². The van der Waals surface area contributed by atoms with Gasteiger partial charge in [0, 0.05) is 16.3 Å². The molecule has 3 atom stereocenters. The zero-order chi connectivity index (χ0) is 14.7. The second-order valence-corrected chi connectivity index (χ2v) is 5.20. The lowest BCUT2D eigenvalue weighted by molar-refractivity contribution is -0.00633. The number of H-pyrrole nitrogens is 1. The van der Waals surface area contributed by atoms with Crippen molar-refractivity contribution in [3.05, 3.63) is 44.8 Å². The molecule has 1 unspecified atom stereocenters. The summed E-state index contributed by atoms with van der Waals surface area (Å²) in [6, 6.07) is 0. The molecule has 8 nitrogen and oxygen atoms in total. The van der Waals surface area contributed by atoms with Gasteiger partial charge in [0.15, 0.2) is 6.23 Å². The first kappa shape index (κ1) is 14.8. The van der Waals surface area contributed by atoms with Crippen LogP contribution >= 0.6 is 8.25 Å². The zero-order valence-corrected chi connectivity index (χ0v) is 11.8. The Hall–Kier alpha value is -1.60. The smallest absolute Gasteiger partial charge is 0.344 e. The van der Waals surface area contributed by atoms with E-state index in [1.807, 2.05) is 0 Å². The van der Waals surface area contributed by atoms with Crippen LogP contribution in [-0.4, -0.2) is 29.4 Å². The molecular weight excluding hydrogens is 287 g/mol. The van der Waals surface area contributed by atoms with Gasteiger partial charge < -0.3 is 4.74 Å². The second kappa shape index (κ2) is 6.23. The minimum Gasteiger partial charge on any atom is -0.344 e. The molecular formula is C11H14N2O6P+. The summed E-state index contributed by atoms with van der Waals surface area (Å²) < 4.78 is 27.2. The van der Waals surface area contributed by atoms with Crippen LogP contribution in [0, 0.1) is 6.92 Å². The molecule has 108 valence electrons. The summed E-state index contributed by atoms with van der Waals surface area (Å²) in [5.41, 5.74) is -0.575. The molecule has 0 spiro atoms. The van der Waals surface area contributed by atoms with Gasteiger partial charge in [0.2, 0.25) is 0 Å². The van der Waals surface area contributed by atoms with E-state index in [4.69, 9.17) is 9.26 Å². The van der Waals surface area contributed by atoms with E-state index in [2.05, 4.69) is 9.51 Å². The third-order valence-corrected chi connectivity index (χ3v) is 3.38. The van der Waals surface area contributed by atoms with E-state index in [9.17, 15) is 14.2 Å². The zero-order valence-electron chi connectivity index (χ0n) is 10.9. The Morgan fingerprint density at radius 3 is 2.90 bits per heavy atom. The molecule has 1 N–H and O–H groups in total. The second-order valence-electron chi connectivity index (χ2n) is 4.13. The highest BCUT2D eigenvalue weighted by molar-refractivity contribution is 7.33. The van der Waals surface area contributed by atoms with Gasteiger partial charge in [0.25, 0.3) is 5.56 Å². The molecule has 0 aromatic carbocycles. The molecule has 1 aromatic heterocycles. The van der Waals surface area contributed by atoms with Crippen molar-refractivity contribution in [3.63, 3.8) is 0 Å². The number of hydrogen-bond donors (Lipinski definition) is 1. The average Bonchev–Trinajstić information content (AvgIpc) is 2.88. The highest BCUT2D eigenvalue weighted by atomic mass is 31.1. The fraction of sp³-hybridized carbons (Fsp3) is 0.455. The Labute approximate surface area is 114 Å². The van der Waals surface area contributed by atoms with Gasteiger partial charge in [-0.2, -0.15) is 0 Å². The van der Waals surface area contributed by atoms with Crippen LogP contribution in [-0.2, 0) is 18.3 Å². The molecule has 0 amide bonds. The first-order valence-electron chi connectivity index (χ1n) is 5.81. The summed E-state index contributed by atoms with van der Waals surface area (Å²) in [6.45, 7) is 1.64. The summed E-state index contributed by atoms with van der Waals surface area (Å²) in [5.74, 6) is 0. The van der Waals surface area contributed by atoms with Crippen LogP contribution in [0.3, 0.4) is 0 Å². The van der Waals surface area contributed by atoms with Gasteiger partial charge in [0.05, 0.1) is 7.11 Å². The van der Waals surface area contributed by atoms with Crippen LogP contribution < -0.4 is 11.2 Å². The number of nitrogens with one attached hydrogen (secondary N) is 1. The summed E-state index contributed by atoms with van der Waals surface area (Å²) in [7, 11) is -0.885. The van der Waals surface area contributed by atoms with Crippen molar-refractivity contribution < 1.29 is 18.3 Å². The Balaban J connectivity index is 2.05. The molecule has 0 saturated heterocycles. The minimum absolute atomic E-state index is 0.0487. The molecule has 1 aromatic rings. The van der Waals surface area contributed by atoms with E-state index < -0.39 is 31.8 Å². The third kappa shape index (κ3) is 3.29. The van der Waals surface area contributed by atoms with E-state index in [1.54, 1.807) is 19.1 Å². The van der Waals surface area contributed by atoms with Gasteiger partial charge in [-0.25, -0.2) is 4.79 Å². The first-order chi connectivity index (χ1) is 9.51. The van der Waals surface area contributed by atoms with Gasteiger partial charge in [-0.3, -0.25) is 14.3 Å². The average molecular weight is 301 g/mol. The molecule has 0 fully saturated rings. The number of rotatable bonds is 5. The number of aromatic nitrogens is 2. The van der Waals surface area contributed by atoms with Crippen LogP contribution in [0.2, 0.25) is 0 Å². The highest BCUT2D eigenvalue weighted by Gasteiger charge is 2.26. The Bertz CT molecular complexity index is 649. The molecule has 2 rings (SSSR count). The molecule has 20 heavy (non-hydrogen) atoms. The predicted molar refractivity (Wildman–Crippen MR) is 69.7 cm³/mol. The van der Waals surface area contributed by atoms with E-state index in [0.29, 0.717) is 5.56 Å². The summed E-state index contributed by atoms with van der Waals surface area (Å²) in [5, 5.41) is 0. The van der Waals surface area contributed by atoms with Crippen molar-refractivity contribution >= 4 is 8.25 Å². The van der Waals surface area contributed by atoms with Crippen molar-refractivity contribution in [2.75, 3.05) is 13.7 Å². The summed E-state index contributed by atoms with van der Waals surface area (Å²) >= 11 is 0. The number of ether oxygens (including phenoxy) is 1. The van der Waals surface area contributed by atoms with E-state index in [-0.39, 0.29) is 6.61 Å². The lowest BCUT2D eigenvalue weighted by Crippen LogP contribution is -2.33. The van der Waals surface area contributed by atoms with Crippen LogP contribution in [0.25, 0.3) is 0 Å².